The largest absolute Gasteiger partial charge is 0.308 e. The molecule has 7 heteroatoms. The molecule has 0 heterocycles. The molecule has 3 rings (SSSR count). The van der Waals surface area contributed by atoms with Crippen molar-refractivity contribution in [3.05, 3.63) is 65.5 Å². The van der Waals surface area contributed by atoms with E-state index >= 15 is 0 Å². The van der Waals surface area contributed by atoms with E-state index in [0.717, 1.165) is 16.7 Å². The van der Waals surface area contributed by atoms with Crippen molar-refractivity contribution in [2.75, 3.05) is 6.26 Å². The van der Waals surface area contributed by atoms with Crippen molar-refractivity contribution in [3.63, 3.8) is 0 Å². The van der Waals surface area contributed by atoms with Crippen LogP contribution < -0.4 is 5.32 Å². The standard InChI is InChI=1S/C26H31FN2O3S/c1-18(16-22(17-25(2,3)27)24(30)29-26(28-4)14-15-26)19-6-8-20(9-7-19)21-10-12-23(13-11-21)33(5,31)32/h6-13,18,22H,14-17H2,1-3,5H3,(H,29,30). The summed E-state index contributed by atoms with van der Waals surface area (Å²) in [5, 5.41) is 2.84. The SMILES string of the molecule is [C-]#[N+]C1(NC(=O)C(CC(C)c2ccc(-c3ccc(S(C)(=O)=O)cc3)cc2)CC(C)(C)F)CC1. The maximum absolute atomic E-state index is 14.4. The lowest BCUT2D eigenvalue weighted by Gasteiger charge is -2.25. The van der Waals surface area contributed by atoms with E-state index in [2.05, 4.69) is 10.2 Å². The molecule has 0 aromatic heterocycles. The van der Waals surface area contributed by atoms with E-state index in [0.29, 0.717) is 19.3 Å². The second-order valence-electron chi connectivity index (χ2n) is 9.81. The average Bonchev–Trinajstić information content (AvgIpc) is 3.51. The summed E-state index contributed by atoms with van der Waals surface area (Å²) in [5.74, 6) is -0.751. The van der Waals surface area contributed by atoms with Crippen molar-refractivity contribution >= 4 is 15.7 Å². The Balaban J connectivity index is 1.72. The summed E-state index contributed by atoms with van der Waals surface area (Å²) in [7, 11) is -3.24. The van der Waals surface area contributed by atoms with Crippen LogP contribution in [0.1, 0.15) is 57.9 Å². The average molecular weight is 471 g/mol. The van der Waals surface area contributed by atoms with Gasteiger partial charge in [-0.1, -0.05) is 43.3 Å². The Kier molecular flexibility index (Phi) is 6.99. The predicted molar refractivity (Wildman–Crippen MR) is 128 cm³/mol. The molecule has 0 radical (unpaired) electrons. The fourth-order valence-corrected chi connectivity index (χ4v) is 4.68. The molecule has 2 aromatic carbocycles. The Morgan fingerprint density at radius 3 is 2.06 bits per heavy atom. The second kappa shape index (κ2) is 9.26. The van der Waals surface area contributed by atoms with Gasteiger partial charge >= 0.3 is 5.66 Å². The smallest absolute Gasteiger partial charge is 0.287 e. The van der Waals surface area contributed by atoms with Crippen LogP contribution in [-0.2, 0) is 14.6 Å². The fourth-order valence-electron chi connectivity index (χ4n) is 4.05. The van der Waals surface area contributed by atoms with Gasteiger partial charge in [-0.2, -0.15) is 0 Å². The molecule has 2 atom stereocenters. The molecule has 0 spiro atoms. The van der Waals surface area contributed by atoms with Crippen molar-refractivity contribution < 1.29 is 17.6 Å². The highest BCUT2D eigenvalue weighted by Gasteiger charge is 2.53. The molecule has 1 N–H and O–H groups in total. The summed E-state index contributed by atoms with van der Waals surface area (Å²) in [4.78, 5) is 16.7. The van der Waals surface area contributed by atoms with Crippen LogP contribution >= 0.6 is 0 Å². The summed E-state index contributed by atoms with van der Waals surface area (Å²) in [6, 6.07) is 14.7. The van der Waals surface area contributed by atoms with E-state index in [4.69, 9.17) is 6.57 Å². The third-order valence-electron chi connectivity index (χ3n) is 6.13. The lowest BCUT2D eigenvalue weighted by Crippen LogP contribution is -2.41. The van der Waals surface area contributed by atoms with Crippen molar-refractivity contribution in [2.24, 2.45) is 5.92 Å². The van der Waals surface area contributed by atoms with E-state index in [1.807, 2.05) is 31.2 Å². The first-order chi connectivity index (χ1) is 15.3. The number of hydrogen-bond acceptors (Lipinski definition) is 3. The summed E-state index contributed by atoms with van der Waals surface area (Å²) >= 11 is 0. The van der Waals surface area contributed by atoms with Crippen LogP contribution in [0.5, 0.6) is 0 Å². The van der Waals surface area contributed by atoms with Crippen LogP contribution in [0.4, 0.5) is 4.39 Å². The summed E-state index contributed by atoms with van der Waals surface area (Å²) in [5.41, 5.74) is 0.628. The quantitative estimate of drug-likeness (QED) is 0.490. The highest BCUT2D eigenvalue weighted by Crippen LogP contribution is 2.38. The number of carbonyl (C=O) groups is 1. The molecule has 5 nitrogen and oxygen atoms in total. The maximum Gasteiger partial charge on any atom is 0.308 e. The minimum atomic E-state index is -3.24. The number of sulfone groups is 1. The molecule has 1 aliphatic rings. The first-order valence-corrected chi connectivity index (χ1v) is 13.0. The topological polar surface area (TPSA) is 67.6 Å². The van der Waals surface area contributed by atoms with E-state index in [1.54, 1.807) is 24.3 Å². The molecule has 33 heavy (non-hydrogen) atoms. The zero-order valence-electron chi connectivity index (χ0n) is 19.6. The molecule has 0 saturated heterocycles. The van der Waals surface area contributed by atoms with Crippen molar-refractivity contribution in [1.29, 1.82) is 0 Å². The van der Waals surface area contributed by atoms with Crippen LogP contribution in [0, 0.1) is 12.5 Å². The Bertz CT molecular complexity index is 1140. The number of nitrogens with zero attached hydrogens (tertiary/aromatic N) is 1. The van der Waals surface area contributed by atoms with Gasteiger partial charge in [0.05, 0.1) is 17.7 Å². The molecular formula is C26H31FN2O3S. The Labute approximate surface area is 196 Å². The molecule has 1 aliphatic carbocycles. The molecule has 1 saturated carbocycles. The van der Waals surface area contributed by atoms with Crippen LogP contribution in [0.15, 0.2) is 53.4 Å². The lowest BCUT2D eigenvalue weighted by molar-refractivity contribution is -0.127. The molecule has 0 bridgehead atoms. The van der Waals surface area contributed by atoms with Gasteiger partial charge in [-0.3, -0.25) is 15.0 Å². The molecule has 1 amide bonds. The number of nitrogens with one attached hydrogen (secondary N) is 1. The monoisotopic (exact) mass is 470 g/mol. The third kappa shape index (κ3) is 6.64. The van der Waals surface area contributed by atoms with E-state index in [1.165, 1.54) is 20.1 Å². The number of amides is 1. The number of alkyl halides is 1. The van der Waals surface area contributed by atoms with Crippen molar-refractivity contribution in [1.82, 2.24) is 5.32 Å². The van der Waals surface area contributed by atoms with Gasteiger partial charge in [-0.15, -0.1) is 0 Å². The van der Waals surface area contributed by atoms with Gasteiger partial charge in [0.2, 0.25) is 5.91 Å². The molecule has 2 aromatic rings. The number of rotatable bonds is 9. The van der Waals surface area contributed by atoms with Gasteiger partial charge < -0.3 is 0 Å². The number of benzene rings is 2. The van der Waals surface area contributed by atoms with Gasteiger partial charge in [-0.05, 0) is 61.4 Å². The van der Waals surface area contributed by atoms with Gasteiger partial charge in [0.1, 0.15) is 5.67 Å². The molecule has 1 fully saturated rings. The first-order valence-electron chi connectivity index (χ1n) is 11.1. The van der Waals surface area contributed by atoms with E-state index in [9.17, 15) is 17.6 Å². The normalized spacial score (nSPS) is 17.0. The molecule has 2 unspecified atom stereocenters. The molecule has 176 valence electrons. The minimum Gasteiger partial charge on any atom is -0.287 e. The fraction of sp³-hybridized carbons (Fsp3) is 0.462. The van der Waals surface area contributed by atoms with Gasteiger partial charge in [0.15, 0.2) is 9.84 Å². The summed E-state index contributed by atoms with van der Waals surface area (Å²) in [6.45, 7) is 12.3. The highest BCUT2D eigenvalue weighted by atomic mass is 32.2. The lowest BCUT2D eigenvalue weighted by atomic mass is 9.83. The highest BCUT2D eigenvalue weighted by molar-refractivity contribution is 7.90. The number of halogens is 1. The van der Waals surface area contributed by atoms with Gasteiger partial charge in [0, 0.05) is 12.2 Å². The van der Waals surface area contributed by atoms with Crippen LogP contribution in [0.25, 0.3) is 16.0 Å². The maximum atomic E-state index is 14.4. The Morgan fingerprint density at radius 2 is 1.64 bits per heavy atom. The van der Waals surface area contributed by atoms with Crippen molar-refractivity contribution in [2.45, 2.75) is 68.6 Å². The number of hydrogen-bond donors (Lipinski definition) is 1. The molecule has 0 aliphatic heterocycles. The molecular weight excluding hydrogens is 439 g/mol. The van der Waals surface area contributed by atoms with Crippen molar-refractivity contribution in [3.8, 4) is 11.1 Å². The van der Waals surface area contributed by atoms with Crippen LogP contribution in [-0.4, -0.2) is 31.9 Å². The minimum absolute atomic E-state index is 0.0212. The second-order valence-corrected chi connectivity index (χ2v) is 11.8. The summed E-state index contributed by atoms with van der Waals surface area (Å²) < 4.78 is 37.8. The predicted octanol–water partition coefficient (Wildman–Crippen LogP) is 5.53. The van der Waals surface area contributed by atoms with E-state index < -0.39 is 27.1 Å². The zero-order chi connectivity index (χ0) is 24.4. The third-order valence-corrected chi connectivity index (χ3v) is 7.26. The van der Waals surface area contributed by atoms with Gasteiger partial charge in [-0.25, -0.2) is 19.4 Å². The summed E-state index contributed by atoms with van der Waals surface area (Å²) in [6.07, 6.45) is 3.06. The zero-order valence-corrected chi connectivity index (χ0v) is 20.4. The Hall–Kier alpha value is -2.72. The van der Waals surface area contributed by atoms with Gasteiger partial charge in [0.25, 0.3) is 0 Å². The number of carbonyl (C=O) groups excluding carboxylic acids is 1. The van der Waals surface area contributed by atoms with Crippen LogP contribution in [0.3, 0.4) is 0 Å². The van der Waals surface area contributed by atoms with E-state index in [-0.39, 0.29) is 23.1 Å². The van der Waals surface area contributed by atoms with Crippen LogP contribution in [0.2, 0.25) is 0 Å². The Morgan fingerprint density at radius 1 is 1.12 bits per heavy atom. The first kappa shape index (κ1) is 24.9.